The lowest BCUT2D eigenvalue weighted by Gasteiger charge is -2.09. The predicted molar refractivity (Wildman–Crippen MR) is 123 cm³/mol. The summed E-state index contributed by atoms with van der Waals surface area (Å²) in [6, 6.07) is 31.1. The Morgan fingerprint density at radius 2 is 0.645 bits per heavy atom. The molecule has 0 amide bonds. The molecule has 0 aliphatic carbocycles. The highest BCUT2D eigenvalue weighted by Gasteiger charge is 2.03. The quantitative estimate of drug-likeness (QED) is 0.334. The van der Waals surface area contributed by atoms with E-state index in [2.05, 4.69) is 12.2 Å². The van der Waals surface area contributed by atoms with Gasteiger partial charge < -0.3 is 14.2 Å². The fraction of sp³-hybridized carbons (Fsp3) is 0. The van der Waals surface area contributed by atoms with Crippen molar-refractivity contribution in [2.75, 3.05) is 0 Å². The topological polar surface area (TPSA) is 27.7 Å². The van der Waals surface area contributed by atoms with Crippen molar-refractivity contribution >= 4 is 0 Å². The molecule has 0 saturated heterocycles. The molecule has 0 atom stereocenters. The standard InChI is InChI=1S/C28H18O3/c1-3-29-25-13-5-21(6-14-25)23-9-17-27(18-10-23)31-28-19-11-24(12-20-28)22-7-15-26(16-8-22)30-4-2/h1-2,5-20H. The van der Waals surface area contributed by atoms with E-state index in [0.717, 1.165) is 33.8 Å². The van der Waals surface area contributed by atoms with Gasteiger partial charge >= 0.3 is 0 Å². The number of rotatable bonds is 6. The van der Waals surface area contributed by atoms with Crippen molar-refractivity contribution in [3.63, 3.8) is 0 Å². The Balaban J connectivity index is 1.42. The van der Waals surface area contributed by atoms with Crippen LogP contribution in [0.25, 0.3) is 22.3 Å². The van der Waals surface area contributed by atoms with Gasteiger partial charge in [0.25, 0.3) is 0 Å². The highest BCUT2D eigenvalue weighted by Crippen LogP contribution is 2.29. The van der Waals surface area contributed by atoms with Gasteiger partial charge in [0.15, 0.2) is 0 Å². The summed E-state index contributed by atoms with van der Waals surface area (Å²) >= 11 is 0. The molecule has 0 spiro atoms. The molecular weight excluding hydrogens is 384 g/mol. The van der Waals surface area contributed by atoms with Crippen LogP contribution in [0, 0.1) is 25.1 Å². The van der Waals surface area contributed by atoms with Crippen molar-refractivity contribution in [3.05, 3.63) is 97.1 Å². The third-order valence-electron chi connectivity index (χ3n) is 4.67. The van der Waals surface area contributed by atoms with Gasteiger partial charge in [-0.3, -0.25) is 0 Å². The van der Waals surface area contributed by atoms with E-state index < -0.39 is 0 Å². The zero-order valence-electron chi connectivity index (χ0n) is 16.6. The maximum atomic E-state index is 5.98. The molecule has 0 heterocycles. The molecular formula is C28H18O3. The van der Waals surface area contributed by atoms with Crippen molar-refractivity contribution in [1.82, 2.24) is 0 Å². The maximum Gasteiger partial charge on any atom is 0.140 e. The van der Waals surface area contributed by atoms with Gasteiger partial charge in [-0.1, -0.05) is 61.4 Å². The summed E-state index contributed by atoms with van der Waals surface area (Å²) in [4.78, 5) is 0. The fourth-order valence-corrected chi connectivity index (χ4v) is 3.13. The SMILES string of the molecule is C#COc1ccc(-c2ccc(Oc3ccc(-c4ccc(OC#C)cc4)cc3)cc2)cc1. The largest absolute Gasteiger partial charge is 0.457 e. The minimum Gasteiger partial charge on any atom is -0.457 e. The van der Waals surface area contributed by atoms with E-state index in [4.69, 9.17) is 27.1 Å². The highest BCUT2D eigenvalue weighted by molar-refractivity contribution is 5.66. The fourth-order valence-electron chi connectivity index (χ4n) is 3.13. The number of hydrogen-bond donors (Lipinski definition) is 0. The Bertz CT molecular complexity index is 1120. The van der Waals surface area contributed by atoms with E-state index in [1.807, 2.05) is 97.1 Å². The van der Waals surface area contributed by atoms with Gasteiger partial charge in [0.1, 0.15) is 35.2 Å². The molecule has 3 nitrogen and oxygen atoms in total. The lowest BCUT2D eigenvalue weighted by molar-refractivity contribution is 0.483. The molecule has 3 heteroatoms. The molecule has 4 rings (SSSR count). The van der Waals surface area contributed by atoms with Crippen LogP contribution >= 0.6 is 0 Å². The monoisotopic (exact) mass is 402 g/mol. The van der Waals surface area contributed by atoms with Gasteiger partial charge in [-0.25, -0.2) is 0 Å². The van der Waals surface area contributed by atoms with Gasteiger partial charge in [-0.2, -0.15) is 0 Å². The van der Waals surface area contributed by atoms with Crippen LogP contribution in [0.1, 0.15) is 0 Å². The van der Waals surface area contributed by atoms with Gasteiger partial charge in [0.05, 0.1) is 0 Å². The van der Waals surface area contributed by atoms with Crippen molar-refractivity contribution in [2.24, 2.45) is 0 Å². The van der Waals surface area contributed by atoms with Crippen molar-refractivity contribution in [3.8, 4) is 70.3 Å². The van der Waals surface area contributed by atoms with Gasteiger partial charge in [0, 0.05) is 0 Å². The maximum absolute atomic E-state index is 5.98. The normalized spacial score (nSPS) is 9.87. The molecule has 0 saturated carbocycles. The molecule has 0 unspecified atom stereocenters. The predicted octanol–water partition coefficient (Wildman–Crippen LogP) is 6.75. The third-order valence-corrected chi connectivity index (χ3v) is 4.67. The molecule has 0 aliphatic heterocycles. The summed E-state index contributed by atoms with van der Waals surface area (Å²) < 4.78 is 16.0. The first kappa shape index (κ1) is 19.7. The molecule has 0 radical (unpaired) electrons. The van der Waals surface area contributed by atoms with Gasteiger partial charge in [0.2, 0.25) is 0 Å². The molecule has 0 aliphatic rings. The average molecular weight is 402 g/mol. The Hall–Kier alpha value is -4.60. The number of terminal acetylenes is 2. The summed E-state index contributed by atoms with van der Waals surface area (Å²) in [5.74, 6) is 2.82. The van der Waals surface area contributed by atoms with Crippen LogP contribution in [-0.4, -0.2) is 0 Å². The first-order valence-corrected chi connectivity index (χ1v) is 9.59. The van der Waals surface area contributed by atoms with E-state index in [1.165, 1.54) is 0 Å². The lowest BCUT2D eigenvalue weighted by atomic mass is 10.1. The Morgan fingerprint density at radius 1 is 0.387 bits per heavy atom. The van der Waals surface area contributed by atoms with Crippen molar-refractivity contribution in [2.45, 2.75) is 0 Å². The van der Waals surface area contributed by atoms with Crippen LogP contribution in [-0.2, 0) is 0 Å². The molecule has 4 aromatic carbocycles. The summed E-state index contributed by atoms with van der Waals surface area (Å²) in [5, 5.41) is 0. The minimum absolute atomic E-state index is 0.645. The lowest BCUT2D eigenvalue weighted by Crippen LogP contribution is -1.86. The van der Waals surface area contributed by atoms with Gasteiger partial charge in [-0.15, -0.1) is 0 Å². The van der Waals surface area contributed by atoms with Gasteiger partial charge in [-0.05, 0) is 70.8 Å². The summed E-state index contributed by atoms with van der Waals surface area (Å²) in [7, 11) is 0. The summed E-state index contributed by atoms with van der Waals surface area (Å²) in [6.07, 6.45) is 14.6. The first-order chi connectivity index (χ1) is 15.2. The molecule has 0 bridgehead atoms. The average Bonchev–Trinajstić information content (AvgIpc) is 2.82. The Labute approximate surface area is 181 Å². The van der Waals surface area contributed by atoms with Crippen LogP contribution in [0.2, 0.25) is 0 Å². The zero-order chi connectivity index (χ0) is 21.5. The van der Waals surface area contributed by atoms with Crippen LogP contribution in [0.15, 0.2) is 97.1 Å². The second kappa shape index (κ2) is 9.27. The molecule has 0 aromatic heterocycles. The van der Waals surface area contributed by atoms with Crippen LogP contribution < -0.4 is 14.2 Å². The van der Waals surface area contributed by atoms with Crippen LogP contribution in [0.5, 0.6) is 23.0 Å². The Morgan fingerprint density at radius 3 is 0.903 bits per heavy atom. The highest BCUT2D eigenvalue weighted by atomic mass is 16.5. The number of benzene rings is 4. The summed E-state index contributed by atoms with van der Waals surface area (Å²) in [5.41, 5.74) is 4.29. The number of hydrogen-bond acceptors (Lipinski definition) is 3. The van der Waals surface area contributed by atoms with Crippen molar-refractivity contribution in [1.29, 1.82) is 0 Å². The molecule has 148 valence electrons. The van der Waals surface area contributed by atoms with E-state index >= 15 is 0 Å². The smallest absolute Gasteiger partial charge is 0.140 e. The second-order valence-electron chi connectivity index (χ2n) is 6.64. The molecule has 0 N–H and O–H groups in total. The van der Waals surface area contributed by atoms with Crippen LogP contribution in [0.3, 0.4) is 0 Å². The van der Waals surface area contributed by atoms with E-state index in [9.17, 15) is 0 Å². The third kappa shape index (κ3) is 4.88. The van der Waals surface area contributed by atoms with E-state index in [-0.39, 0.29) is 0 Å². The summed E-state index contributed by atoms with van der Waals surface area (Å²) in [6.45, 7) is 0. The molecule has 0 fully saturated rings. The van der Waals surface area contributed by atoms with E-state index in [0.29, 0.717) is 11.5 Å². The van der Waals surface area contributed by atoms with Crippen LogP contribution in [0.4, 0.5) is 0 Å². The molecule has 4 aromatic rings. The first-order valence-electron chi connectivity index (χ1n) is 9.59. The number of ether oxygens (including phenoxy) is 3. The Kier molecular flexibility index (Phi) is 5.89. The van der Waals surface area contributed by atoms with E-state index in [1.54, 1.807) is 0 Å². The zero-order valence-corrected chi connectivity index (χ0v) is 16.6. The van der Waals surface area contributed by atoms with Crippen molar-refractivity contribution < 1.29 is 14.2 Å². The second-order valence-corrected chi connectivity index (χ2v) is 6.64. The minimum atomic E-state index is 0.645. The molecule has 31 heavy (non-hydrogen) atoms.